The average Bonchev–Trinajstić information content (AvgIpc) is 3.42. The number of para-hydroxylation sites is 1. The van der Waals surface area contributed by atoms with Crippen LogP contribution in [0.4, 0.5) is 5.69 Å². The van der Waals surface area contributed by atoms with Crippen LogP contribution in [0.3, 0.4) is 0 Å². The summed E-state index contributed by atoms with van der Waals surface area (Å²) in [4.78, 5) is 25.7. The van der Waals surface area contributed by atoms with E-state index < -0.39 is 5.63 Å². The van der Waals surface area contributed by atoms with Crippen LogP contribution in [-0.2, 0) is 0 Å². The first-order valence-corrected chi connectivity index (χ1v) is 10.8. The molecule has 0 atom stereocenters. The summed E-state index contributed by atoms with van der Waals surface area (Å²) in [6.45, 7) is 4.02. The highest BCUT2D eigenvalue weighted by atomic mass is 16.7. The number of benzene rings is 3. The number of furan rings is 1. The molecule has 1 aliphatic rings. The second-order valence-electron chi connectivity index (χ2n) is 8.26. The quantitative estimate of drug-likeness (QED) is 0.347. The fraction of sp³-hybridized carbons (Fsp3) is 0.111. The van der Waals surface area contributed by atoms with E-state index in [-0.39, 0.29) is 12.7 Å². The van der Waals surface area contributed by atoms with E-state index in [2.05, 4.69) is 5.32 Å². The molecule has 34 heavy (non-hydrogen) atoms. The highest BCUT2D eigenvalue weighted by molar-refractivity contribution is 6.13. The maximum Gasteiger partial charge on any atom is 0.336 e. The summed E-state index contributed by atoms with van der Waals surface area (Å²) in [5, 5.41) is 4.47. The Balaban J connectivity index is 1.54. The van der Waals surface area contributed by atoms with Crippen molar-refractivity contribution in [3.05, 3.63) is 87.8 Å². The van der Waals surface area contributed by atoms with Crippen molar-refractivity contribution in [1.29, 1.82) is 0 Å². The lowest BCUT2D eigenvalue weighted by Crippen LogP contribution is -2.12. The molecule has 3 heterocycles. The minimum atomic E-state index is -0.499. The first kappa shape index (κ1) is 20.1. The van der Waals surface area contributed by atoms with Crippen LogP contribution in [0.2, 0.25) is 0 Å². The van der Waals surface area contributed by atoms with Gasteiger partial charge in [0.2, 0.25) is 6.79 Å². The molecule has 1 aliphatic heterocycles. The lowest BCUT2D eigenvalue weighted by Gasteiger charge is -2.10. The monoisotopic (exact) mass is 453 g/mol. The van der Waals surface area contributed by atoms with E-state index >= 15 is 0 Å². The number of hydrogen-bond donors (Lipinski definition) is 1. The Bertz CT molecular complexity index is 1680. The number of anilines is 1. The predicted molar refractivity (Wildman–Crippen MR) is 128 cm³/mol. The molecule has 0 fully saturated rings. The van der Waals surface area contributed by atoms with E-state index in [0.29, 0.717) is 45.2 Å². The molecule has 0 aliphatic carbocycles. The summed E-state index contributed by atoms with van der Waals surface area (Å²) in [5.74, 6) is 1.16. The summed E-state index contributed by atoms with van der Waals surface area (Å²) < 4.78 is 22.4. The average molecular weight is 453 g/mol. The maximum absolute atomic E-state index is 13.3. The van der Waals surface area contributed by atoms with E-state index in [1.165, 1.54) is 6.07 Å². The van der Waals surface area contributed by atoms with Gasteiger partial charge in [0.25, 0.3) is 5.91 Å². The van der Waals surface area contributed by atoms with Gasteiger partial charge in [-0.1, -0.05) is 18.2 Å². The van der Waals surface area contributed by atoms with Crippen molar-refractivity contribution in [2.75, 3.05) is 12.1 Å². The van der Waals surface area contributed by atoms with Crippen LogP contribution in [0.1, 0.15) is 21.5 Å². The maximum atomic E-state index is 13.3. The molecule has 1 N–H and O–H groups in total. The smallest absolute Gasteiger partial charge is 0.336 e. The molecule has 0 radical (unpaired) electrons. The van der Waals surface area contributed by atoms with E-state index in [0.717, 1.165) is 21.9 Å². The normalized spacial score (nSPS) is 12.4. The second-order valence-corrected chi connectivity index (χ2v) is 8.26. The highest BCUT2D eigenvalue weighted by Gasteiger charge is 2.23. The fourth-order valence-electron chi connectivity index (χ4n) is 4.44. The standard InChI is InChI=1S/C27H19NO6/c1-14-9-15(2)24-18(12-23(29)33-22(24)10-14)26-25(17-5-3-4-6-19(17)34-26)28-27(30)16-7-8-20-21(11-16)32-13-31-20/h3-12H,13H2,1-2H3,(H,28,30). The minimum absolute atomic E-state index is 0.124. The van der Waals surface area contributed by atoms with E-state index in [4.69, 9.17) is 18.3 Å². The topological polar surface area (TPSA) is 90.9 Å². The molecular weight excluding hydrogens is 434 g/mol. The van der Waals surface area contributed by atoms with Gasteiger partial charge in [0.1, 0.15) is 11.2 Å². The van der Waals surface area contributed by atoms with Gasteiger partial charge in [-0.3, -0.25) is 4.79 Å². The molecule has 7 nitrogen and oxygen atoms in total. The van der Waals surface area contributed by atoms with Crippen molar-refractivity contribution in [2.45, 2.75) is 13.8 Å². The predicted octanol–water partition coefficient (Wildman–Crippen LogP) is 5.80. The molecule has 7 heteroatoms. The van der Waals surface area contributed by atoms with Gasteiger partial charge in [-0.2, -0.15) is 0 Å². The summed E-state index contributed by atoms with van der Waals surface area (Å²) in [7, 11) is 0. The SMILES string of the molecule is Cc1cc(C)c2c(-c3oc4ccccc4c3NC(=O)c3ccc4c(c3)OCO4)cc(=O)oc2c1. The molecule has 0 unspecified atom stereocenters. The molecule has 0 saturated heterocycles. The van der Waals surface area contributed by atoms with Gasteiger partial charge in [0.15, 0.2) is 17.3 Å². The summed E-state index contributed by atoms with van der Waals surface area (Å²) in [5.41, 5.74) is 3.91. The largest absolute Gasteiger partial charge is 0.454 e. The number of aryl methyl sites for hydroxylation is 2. The number of hydrogen-bond acceptors (Lipinski definition) is 6. The lowest BCUT2D eigenvalue weighted by atomic mass is 10.00. The molecule has 5 aromatic rings. The van der Waals surface area contributed by atoms with E-state index in [1.54, 1.807) is 18.2 Å². The Morgan fingerprint density at radius 3 is 2.59 bits per heavy atom. The van der Waals surface area contributed by atoms with Crippen LogP contribution in [0.15, 0.2) is 74.3 Å². The Morgan fingerprint density at radius 1 is 0.882 bits per heavy atom. The number of fused-ring (bicyclic) bond motifs is 3. The molecule has 1 amide bonds. The minimum Gasteiger partial charge on any atom is -0.454 e. The molecule has 3 aromatic carbocycles. The fourth-order valence-corrected chi connectivity index (χ4v) is 4.44. The third-order valence-corrected chi connectivity index (χ3v) is 5.90. The first-order valence-electron chi connectivity index (χ1n) is 10.8. The number of carbonyl (C=O) groups excluding carboxylic acids is 1. The zero-order chi connectivity index (χ0) is 23.4. The van der Waals surface area contributed by atoms with E-state index in [1.807, 2.05) is 50.2 Å². The summed E-state index contributed by atoms with van der Waals surface area (Å²) >= 11 is 0. The number of nitrogens with one attached hydrogen (secondary N) is 1. The van der Waals surface area contributed by atoms with Gasteiger partial charge < -0.3 is 23.6 Å². The van der Waals surface area contributed by atoms with Crippen molar-refractivity contribution in [3.63, 3.8) is 0 Å². The van der Waals surface area contributed by atoms with Gasteiger partial charge in [-0.25, -0.2) is 4.79 Å². The van der Waals surface area contributed by atoms with Gasteiger partial charge in [-0.15, -0.1) is 0 Å². The van der Waals surface area contributed by atoms with Crippen LogP contribution in [0, 0.1) is 13.8 Å². The third-order valence-electron chi connectivity index (χ3n) is 5.90. The molecule has 168 valence electrons. The Hall–Kier alpha value is -4.52. The van der Waals surface area contributed by atoms with Crippen LogP contribution in [0.5, 0.6) is 11.5 Å². The molecule has 0 bridgehead atoms. The van der Waals surface area contributed by atoms with Crippen LogP contribution in [-0.4, -0.2) is 12.7 Å². The zero-order valence-corrected chi connectivity index (χ0v) is 18.4. The van der Waals surface area contributed by atoms with Crippen LogP contribution < -0.4 is 20.4 Å². The Kier molecular flexibility index (Phi) is 4.45. The molecule has 6 rings (SSSR count). The van der Waals surface area contributed by atoms with Crippen molar-refractivity contribution in [1.82, 2.24) is 0 Å². The number of ether oxygens (including phenoxy) is 2. The Morgan fingerprint density at radius 2 is 1.71 bits per heavy atom. The summed E-state index contributed by atoms with van der Waals surface area (Å²) in [6.07, 6.45) is 0. The zero-order valence-electron chi connectivity index (χ0n) is 18.4. The van der Waals surface area contributed by atoms with Crippen LogP contribution in [0.25, 0.3) is 33.3 Å². The van der Waals surface area contributed by atoms with Crippen LogP contribution >= 0.6 is 0 Å². The van der Waals surface area contributed by atoms with Gasteiger partial charge in [0.05, 0.1) is 5.69 Å². The highest BCUT2D eigenvalue weighted by Crippen LogP contribution is 2.42. The number of carbonyl (C=O) groups is 1. The third kappa shape index (κ3) is 3.21. The van der Waals surface area contributed by atoms with Gasteiger partial charge >= 0.3 is 5.63 Å². The number of amides is 1. The van der Waals surface area contributed by atoms with Crippen molar-refractivity contribution in [2.24, 2.45) is 0 Å². The lowest BCUT2D eigenvalue weighted by molar-refractivity contribution is 0.102. The van der Waals surface area contributed by atoms with Crippen molar-refractivity contribution < 1.29 is 23.1 Å². The van der Waals surface area contributed by atoms with E-state index in [9.17, 15) is 9.59 Å². The molecule has 0 spiro atoms. The van der Waals surface area contributed by atoms with Crippen molar-refractivity contribution in [3.8, 4) is 22.8 Å². The Labute approximate surface area is 193 Å². The number of rotatable bonds is 3. The van der Waals surface area contributed by atoms with Crippen molar-refractivity contribution >= 4 is 33.5 Å². The first-order chi connectivity index (χ1) is 16.5. The van der Waals surface area contributed by atoms with Gasteiger partial charge in [0, 0.05) is 28.0 Å². The molecular formula is C27H19NO6. The summed E-state index contributed by atoms with van der Waals surface area (Å²) in [6, 6.07) is 17.6. The second kappa shape index (κ2) is 7.52. The molecule has 2 aromatic heterocycles. The molecule has 0 saturated carbocycles. The van der Waals surface area contributed by atoms with Gasteiger partial charge in [-0.05, 0) is 61.4 Å².